The van der Waals surface area contributed by atoms with E-state index in [4.69, 9.17) is 10.5 Å². The number of likely N-dealkylation sites (tertiary alicyclic amines) is 1. The molecule has 1 fully saturated rings. The molecule has 0 radical (unpaired) electrons. The Morgan fingerprint density at radius 2 is 2.47 bits per heavy atom. The summed E-state index contributed by atoms with van der Waals surface area (Å²) in [5.74, 6) is 0. The van der Waals surface area contributed by atoms with E-state index in [1.54, 1.807) is 18.4 Å². The van der Waals surface area contributed by atoms with Crippen molar-refractivity contribution < 1.29 is 4.74 Å². The zero-order valence-corrected chi connectivity index (χ0v) is 11.5. The van der Waals surface area contributed by atoms with Crippen LogP contribution in [0, 0.1) is 0 Å². The highest BCUT2D eigenvalue weighted by atomic mass is 32.1. The van der Waals surface area contributed by atoms with Crippen LogP contribution in [0.1, 0.15) is 31.4 Å². The van der Waals surface area contributed by atoms with E-state index in [2.05, 4.69) is 28.7 Å². The summed E-state index contributed by atoms with van der Waals surface area (Å²) in [5, 5.41) is 4.38. The van der Waals surface area contributed by atoms with Gasteiger partial charge >= 0.3 is 0 Å². The van der Waals surface area contributed by atoms with Gasteiger partial charge in [-0.1, -0.05) is 0 Å². The Morgan fingerprint density at radius 3 is 3.06 bits per heavy atom. The molecule has 0 spiro atoms. The van der Waals surface area contributed by atoms with Crippen LogP contribution < -0.4 is 5.73 Å². The molecule has 3 atom stereocenters. The molecule has 4 heteroatoms. The summed E-state index contributed by atoms with van der Waals surface area (Å²) in [5.41, 5.74) is 7.31. The van der Waals surface area contributed by atoms with Gasteiger partial charge < -0.3 is 10.5 Å². The highest BCUT2D eigenvalue weighted by Gasteiger charge is 2.31. The molecule has 0 aromatic carbocycles. The lowest BCUT2D eigenvalue weighted by Gasteiger charge is -2.41. The third-order valence-electron chi connectivity index (χ3n) is 3.84. The van der Waals surface area contributed by atoms with Crippen LogP contribution in [0.25, 0.3) is 0 Å². The van der Waals surface area contributed by atoms with Crippen molar-refractivity contribution in [3.05, 3.63) is 22.4 Å². The van der Waals surface area contributed by atoms with Gasteiger partial charge in [0.2, 0.25) is 0 Å². The molecule has 3 unspecified atom stereocenters. The number of thiophene rings is 1. The summed E-state index contributed by atoms with van der Waals surface area (Å²) >= 11 is 1.76. The molecule has 1 aromatic heterocycles. The molecule has 0 aliphatic carbocycles. The highest BCUT2D eigenvalue weighted by molar-refractivity contribution is 7.07. The summed E-state index contributed by atoms with van der Waals surface area (Å²) in [7, 11) is 1.80. The van der Waals surface area contributed by atoms with Crippen molar-refractivity contribution in [3.63, 3.8) is 0 Å². The van der Waals surface area contributed by atoms with Gasteiger partial charge in [0.05, 0.1) is 6.10 Å². The Morgan fingerprint density at radius 1 is 1.65 bits per heavy atom. The Bertz CT molecular complexity index is 328. The first-order valence-corrected chi connectivity index (χ1v) is 7.21. The van der Waals surface area contributed by atoms with Crippen molar-refractivity contribution in [1.29, 1.82) is 0 Å². The van der Waals surface area contributed by atoms with E-state index >= 15 is 0 Å². The van der Waals surface area contributed by atoms with E-state index in [0.717, 1.165) is 19.4 Å². The van der Waals surface area contributed by atoms with E-state index in [1.807, 2.05) is 0 Å². The minimum absolute atomic E-state index is 0.384. The summed E-state index contributed by atoms with van der Waals surface area (Å²) in [6, 6.07) is 3.13. The SMILES string of the molecule is COC1CCN(C(C)c2ccsc2)C(CN)C1. The Kier molecular flexibility index (Phi) is 4.56. The van der Waals surface area contributed by atoms with Crippen molar-refractivity contribution in [2.24, 2.45) is 5.73 Å². The lowest BCUT2D eigenvalue weighted by molar-refractivity contribution is -0.00157. The van der Waals surface area contributed by atoms with Gasteiger partial charge in [0.25, 0.3) is 0 Å². The zero-order chi connectivity index (χ0) is 12.3. The van der Waals surface area contributed by atoms with Crippen LogP contribution in [0.5, 0.6) is 0 Å². The number of ether oxygens (including phenoxy) is 1. The Balaban J connectivity index is 2.04. The van der Waals surface area contributed by atoms with Crippen LogP contribution in [-0.4, -0.2) is 37.2 Å². The average molecular weight is 254 g/mol. The number of rotatable bonds is 4. The first kappa shape index (κ1) is 13.0. The minimum atomic E-state index is 0.384. The van der Waals surface area contributed by atoms with Crippen molar-refractivity contribution in [2.45, 2.75) is 38.0 Å². The van der Waals surface area contributed by atoms with E-state index in [1.165, 1.54) is 5.56 Å². The van der Waals surface area contributed by atoms with Crippen LogP contribution in [0.3, 0.4) is 0 Å². The molecular weight excluding hydrogens is 232 g/mol. The first-order valence-electron chi connectivity index (χ1n) is 6.27. The maximum Gasteiger partial charge on any atom is 0.0599 e. The van der Waals surface area contributed by atoms with Crippen LogP contribution in [0.15, 0.2) is 16.8 Å². The van der Waals surface area contributed by atoms with Crippen LogP contribution >= 0.6 is 11.3 Å². The standard InChI is InChI=1S/C13H22N2OS/c1-10(11-4-6-17-9-11)15-5-3-13(16-2)7-12(15)8-14/h4,6,9-10,12-13H,3,5,7-8,14H2,1-2H3. The molecular formula is C13H22N2OS. The molecule has 0 bridgehead atoms. The summed E-state index contributed by atoms with van der Waals surface area (Å²) in [6.45, 7) is 4.07. The predicted octanol–water partition coefficient (Wildman–Crippen LogP) is 2.25. The van der Waals surface area contributed by atoms with Gasteiger partial charge in [-0.15, -0.1) is 0 Å². The molecule has 0 saturated carbocycles. The second kappa shape index (κ2) is 5.96. The van der Waals surface area contributed by atoms with Crippen LogP contribution in [0.2, 0.25) is 0 Å². The fourth-order valence-corrected chi connectivity index (χ4v) is 3.44. The van der Waals surface area contributed by atoms with Gasteiger partial charge in [0.1, 0.15) is 0 Å². The molecule has 96 valence electrons. The van der Waals surface area contributed by atoms with Gasteiger partial charge in [-0.3, -0.25) is 4.90 Å². The maximum absolute atomic E-state index is 5.91. The third-order valence-corrected chi connectivity index (χ3v) is 4.54. The molecule has 2 rings (SSSR count). The maximum atomic E-state index is 5.91. The zero-order valence-electron chi connectivity index (χ0n) is 10.6. The fraction of sp³-hybridized carbons (Fsp3) is 0.692. The molecule has 0 amide bonds. The van der Waals surface area contributed by atoms with Gasteiger partial charge in [0, 0.05) is 32.3 Å². The number of nitrogens with two attached hydrogens (primary N) is 1. The van der Waals surface area contributed by atoms with Crippen molar-refractivity contribution >= 4 is 11.3 Å². The summed E-state index contributed by atoms with van der Waals surface area (Å²) in [6.07, 6.45) is 2.55. The first-order chi connectivity index (χ1) is 8.26. The monoisotopic (exact) mass is 254 g/mol. The number of hydrogen-bond acceptors (Lipinski definition) is 4. The predicted molar refractivity (Wildman–Crippen MR) is 72.3 cm³/mol. The summed E-state index contributed by atoms with van der Waals surface area (Å²) < 4.78 is 5.46. The van der Waals surface area contributed by atoms with Gasteiger partial charge in [-0.25, -0.2) is 0 Å². The lowest BCUT2D eigenvalue weighted by Crippen LogP contribution is -2.49. The largest absolute Gasteiger partial charge is 0.381 e. The second-order valence-electron chi connectivity index (χ2n) is 4.74. The van der Waals surface area contributed by atoms with Crippen molar-refractivity contribution in [1.82, 2.24) is 4.90 Å². The lowest BCUT2D eigenvalue weighted by atomic mass is 9.96. The Hall–Kier alpha value is -0.420. The fourth-order valence-electron chi connectivity index (χ4n) is 2.69. The molecule has 1 aliphatic heterocycles. The number of hydrogen-bond donors (Lipinski definition) is 1. The van der Waals surface area contributed by atoms with E-state index in [9.17, 15) is 0 Å². The molecule has 1 aliphatic rings. The Labute approximate surface area is 108 Å². The highest BCUT2D eigenvalue weighted by Crippen LogP contribution is 2.29. The third kappa shape index (κ3) is 2.88. The normalized spacial score (nSPS) is 28.2. The van der Waals surface area contributed by atoms with E-state index in [0.29, 0.717) is 24.7 Å². The van der Waals surface area contributed by atoms with Crippen molar-refractivity contribution in [2.75, 3.05) is 20.2 Å². The molecule has 1 aromatic rings. The quantitative estimate of drug-likeness (QED) is 0.895. The van der Waals surface area contributed by atoms with Crippen LogP contribution in [-0.2, 0) is 4.74 Å². The van der Waals surface area contributed by atoms with Gasteiger partial charge in [0.15, 0.2) is 0 Å². The molecule has 1 saturated heterocycles. The molecule has 17 heavy (non-hydrogen) atoms. The average Bonchev–Trinajstić information content (AvgIpc) is 2.91. The number of nitrogens with zero attached hydrogens (tertiary/aromatic N) is 1. The smallest absolute Gasteiger partial charge is 0.0599 e. The molecule has 2 heterocycles. The summed E-state index contributed by atoms with van der Waals surface area (Å²) in [4.78, 5) is 2.53. The van der Waals surface area contributed by atoms with Crippen LogP contribution in [0.4, 0.5) is 0 Å². The number of piperidine rings is 1. The van der Waals surface area contributed by atoms with Gasteiger partial charge in [-0.05, 0) is 42.2 Å². The van der Waals surface area contributed by atoms with Crippen molar-refractivity contribution in [3.8, 4) is 0 Å². The molecule has 3 nitrogen and oxygen atoms in total. The topological polar surface area (TPSA) is 38.5 Å². The second-order valence-corrected chi connectivity index (χ2v) is 5.52. The minimum Gasteiger partial charge on any atom is -0.381 e. The molecule has 2 N–H and O–H groups in total. The van der Waals surface area contributed by atoms with E-state index in [-0.39, 0.29) is 0 Å². The van der Waals surface area contributed by atoms with Gasteiger partial charge in [-0.2, -0.15) is 11.3 Å². The number of methoxy groups -OCH3 is 1. The van der Waals surface area contributed by atoms with E-state index < -0.39 is 0 Å².